The topological polar surface area (TPSA) is 109 Å². The first kappa shape index (κ1) is 23.6. The van der Waals surface area contributed by atoms with E-state index in [2.05, 4.69) is 20.7 Å². The SMILES string of the molecule is Cc1ccc(NC(=O)C(=O)NCCc2csc3nc(-c4ccccc4F)nn23)cc1N1CCCC1=O. The van der Waals surface area contributed by atoms with Crippen LogP contribution in [0.2, 0.25) is 0 Å². The van der Waals surface area contributed by atoms with E-state index in [1.807, 2.05) is 18.4 Å². The van der Waals surface area contributed by atoms with Gasteiger partial charge in [0.15, 0.2) is 5.82 Å². The number of hydrogen-bond acceptors (Lipinski definition) is 6. The van der Waals surface area contributed by atoms with E-state index >= 15 is 0 Å². The maximum atomic E-state index is 14.1. The molecule has 2 aromatic carbocycles. The van der Waals surface area contributed by atoms with Crippen LogP contribution < -0.4 is 15.5 Å². The first-order valence-corrected chi connectivity index (χ1v) is 12.4. The zero-order chi connectivity index (χ0) is 25.2. The molecule has 0 atom stereocenters. The van der Waals surface area contributed by atoms with Gasteiger partial charge in [0.05, 0.1) is 11.3 Å². The molecule has 1 fully saturated rings. The predicted molar refractivity (Wildman–Crippen MR) is 134 cm³/mol. The molecule has 3 amide bonds. The molecule has 3 heterocycles. The van der Waals surface area contributed by atoms with Crippen LogP contribution in [0.1, 0.15) is 24.1 Å². The number of aromatic nitrogens is 3. The molecule has 5 rings (SSSR count). The summed E-state index contributed by atoms with van der Waals surface area (Å²) in [7, 11) is 0. The van der Waals surface area contributed by atoms with Crippen LogP contribution >= 0.6 is 11.3 Å². The monoisotopic (exact) mass is 506 g/mol. The zero-order valence-corrected chi connectivity index (χ0v) is 20.3. The molecule has 2 aromatic heterocycles. The number of carbonyl (C=O) groups excluding carboxylic acids is 3. The summed E-state index contributed by atoms with van der Waals surface area (Å²) in [6, 6.07) is 11.5. The average molecular weight is 507 g/mol. The third-order valence-corrected chi connectivity index (χ3v) is 6.83. The Morgan fingerprint density at radius 1 is 1.17 bits per heavy atom. The van der Waals surface area contributed by atoms with Gasteiger partial charge in [-0.05, 0) is 43.2 Å². The van der Waals surface area contributed by atoms with Crippen molar-refractivity contribution in [3.05, 3.63) is 64.9 Å². The highest BCUT2D eigenvalue weighted by Crippen LogP contribution is 2.28. The number of carbonyl (C=O) groups is 3. The van der Waals surface area contributed by atoms with Crippen molar-refractivity contribution in [1.82, 2.24) is 19.9 Å². The average Bonchev–Trinajstić information content (AvgIpc) is 3.57. The van der Waals surface area contributed by atoms with Crippen LogP contribution in [0, 0.1) is 12.7 Å². The van der Waals surface area contributed by atoms with Gasteiger partial charge in [0, 0.05) is 42.7 Å². The molecule has 11 heteroatoms. The van der Waals surface area contributed by atoms with Crippen molar-refractivity contribution in [1.29, 1.82) is 0 Å². The standard InChI is InChI=1S/C25H23FN6O3S/c1-15-8-9-16(13-20(15)31-12-4-7-21(31)33)28-24(35)23(34)27-11-10-17-14-36-25-29-22(30-32(17)25)18-5-2-3-6-19(18)26/h2-3,5-6,8-9,13-14H,4,7,10-12H2,1H3,(H,27,34)(H,28,35). The van der Waals surface area contributed by atoms with Crippen LogP contribution in [0.5, 0.6) is 0 Å². The minimum absolute atomic E-state index is 0.0512. The molecular formula is C25H23FN6O3S. The van der Waals surface area contributed by atoms with Crippen molar-refractivity contribution in [2.24, 2.45) is 0 Å². The van der Waals surface area contributed by atoms with E-state index in [1.165, 1.54) is 17.4 Å². The third kappa shape index (κ3) is 4.69. The van der Waals surface area contributed by atoms with Gasteiger partial charge in [-0.2, -0.15) is 4.98 Å². The Balaban J connectivity index is 1.19. The first-order valence-electron chi connectivity index (χ1n) is 11.5. The number of anilines is 2. The summed E-state index contributed by atoms with van der Waals surface area (Å²) >= 11 is 1.36. The van der Waals surface area contributed by atoms with Crippen molar-refractivity contribution in [2.45, 2.75) is 26.2 Å². The predicted octanol–water partition coefficient (Wildman–Crippen LogP) is 3.33. The Morgan fingerprint density at radius 3 is 2.78 bits per heavy atom. The number of benzene rings is 2. The van der Waals surface area contributed by atoms with Crippen molar-refractivity contribution < 1.29 is 18.8 Å². The quantitative estimate of drug-likeness (QED) is 0.390. The Bertz CT molecular complexity index is 1480. The lowest BCUT2D eigenvalue weighted by Crippen LogP contribution is -2.36. The van der Waals surface area contributed by atoms with Gasteiger partial charge in [0.2, 0.25) is 10.9 Å². The lowest BCUT2D eigenvalue weighted by atomic mass is 10.1. The van der Waals surface area contributed by atoms with Crippen LogP contribution in [0.25, 0.3) is 16.3 Å². The van der Waals surface area contributed by atoms with Gasteiger partial charge in [0.25, 0.3) is 0 Å². The molecule has 9 nitrogen and oxygen atoms in total. The molecule has 0 spiro atoms. The fourth-order valence-electron chi connectivity index (χ4n) is 4.11. The van der Waals surface area contributed by atoms with E-state index in [4.69, 9.17) is 0 Å². The summed E-state index contributed by atoms with van der Waals surface area (Å²) in [6.07, 6.45) is 1.71. The molecule has 184 valence electrons. The number of halogens is 1. The van der Waals surface area contributed by atoms with Gasteiger partial charge < -0.3 is 15.5 Å². The van der Waals surface area contributed by atoms with Crippen LogP contribution in [0.15, 0.2) is 47.8 Å². The van der Waals surface area contributed by atoms with Crippen molar-refractivity contribution in [2.75, 3.05) is 23.3 Å². The number of hydrogen-bond donors (Lipinski definition) is 2. The number of fused-ring (bicyclic) bond motifs is 1. The van der Waals surface area contributed by atoms with Crippen LogP contribution in [-0.4, -0.2) is 45.4 Å². The lowest BCUT2D eigenvalue weighted by Gasteiger charge is -2.19. The zero-order valence-electron chi connectivity index (χ0n) is 19.5. The second kappa shape index (κ2) is 9.86. The maximum Gasteiger partial charge on any atom is 0.313 e. The summed E-state index contributed by atoms with van der Waals surface area (Å²) in [5, 5.41) is 11.5. The van der Waals surface area contributed by atoms with E-state index in [0.717, 1.165) is 23.4 Å². The van der Waals surface area contributed by atoms with Crippen LogP contribution in [-0.2, 0) is 20.8 Å². The van der Waals surface area contributed by atoms with Gasteiger partial charge in [-0.1, -0.05) is 18.2 Å². The summed E-state index contributed by atoms with van der Waals surface area (Å²) in [5.41, 5.74) is 3.20. The summed E-state index contributed by atoms with van der Waals surface area (Å²) in [5.74, 6) is -1.63. The number of nitrogens with one attached hydrogen (secondary N) is 2. The molecule has 1 aliphatic rings. The molecule has 0 bridgehead atoms. The Labute approximate surface area is 210 Å². The molecule has 4 aromatic rings. The normalized spacial score (nSPS) is 13.4. The Kier molecular flexibility index (Phi) is 6.47. The molecule has 0 radical (unpaired) electrons. The van der Waals surface area contributed by atoms with Gasteiger partial charge in [-0.15, -0.1) is 16.4 Å². The third-order valence-electron chi connectivity index (χ3n) is 5.97. The molecule has 0 saturated carbocycles. The van der Waals surface area contributed by atoms with Crippen molar-refractivity contribution >= 4 is 45.4 Å². The summed E-state index contributed by atoms with van der Waals surface area (Å²) in [4.78, 5) is 43.6. The number of rotatable bonds is 6. The summed E-state index contributed by atoms with van der Waals surface area (Å²) < 4.78 is 15.7. The number of amides is 3. The Hall–Kier alpha value is -4.12. The Morgan fingerprint density at radius 2 is 2.00 bits per heavy atom. The van der Waals surface area contributed by atoms with Gasteiger partial charge >= 0.3 is 11.8 Å². The van der Waals surface area contributed by atoms with E-state index in [0.29, 0.717) is 35.6 Å². The smallest absolute Gasteiger partial charge is 0.313 e. The van der Waals surface area contributed by atoms with E-state index in [9.17, 15) is 18.8 Å². The van der Waals surface area contributed by atoms with E-state index in [-0.39, 0.29) is 18.3 Å². The summed E-state index contributed by atoms with van der Waals surface area (Å²) in [6.45, 7) is 2.74. The molecule has 1 aliphatic heterocycles. The highest BCUT2D eigenvalue weighted by molar-refractivity contribution is 7.15. The van der Waals surface area contributed by atoms with Gasteiger partial charge in [-0.3, -0.25) is 14.4 Å². The number of aryl methyl sites for hydroxylation is 1. The second-order valence-electron chi connectivity index (χ2n) is 8.45. The van der Waals surface area contributed by atoms with E-state index < -0.39 is 17.6 Å². The van der Waals surface area contributed by atoms with Gasteiger partial charge in [-0.25, -0.2) is 8.91 Å². The fraction of sp³-hybridized carbons (Fsp3) is 0.240. The van der Waals surface area contributed by atoms with Crippen LogP contribution in [0.4, 0.5) is 15.8 Å². The van der Waals surface area contributed by atoms with Crippen molar-refractivity contribution in [3.63, 3.8) is 0 Å². The second-order valence-corrected chi connectivity index (χ2v) is 9.28. The van der Waals surface area contributed by atoms with Crippen LogP contribution in [0.3, 0.4) is 0 Å². The minimum Gasteiger partial charge on any atom is -0.347 e. The van der Waals surface area contributed by atoms with Gasteiger partial charge in [0.1, 0.15) is 5.82 Å². The maximum absolute atomic E-state index is 14.1. The molecule has 0 unspecified atom stereocenters. The minimum atomic E-state index is -0.796. The number of nitrogens with zero attached hydrogens (tertiary/aromatic N) is 4. The largest absolute Gasteiger partial charge is 0.347 e. The lowest BCUT2D eigenvalue weighted by molar-refractivity contribution is -0.136. The molecule has 1 saturated heterocycles. The molecule has 0 aliphatic carbocycles. The molecule has 36 heavy (non-hydrogen) atoms. The van der Waals surface area contributed by atoms with Crippen molar-refractivity contribution in [3.8, 4) is 11.4 Å². The number of thiazole rings is 1. The van der Waals surface area contributed by atoms with E-state index in [1.54, 1.807) is 39.7 Å². The highest BCUT2D eigenvalue weighted by Gasteiger charge is 2.24. The molecule has 2 N–H and O–H groups in total. The fourth-order valence-corrected chi connectivity index (χ4v) is 4.96. The molecular weight excluding hydrogens is 483 g/mol. The first-order chi connectivity index (χ1) is 17.4. The highest BCUT2D eigenvalue weighted by atomic mass is 32.1.